The van der Waals surface area contributed by atoms with Crippen LogP contribution < -0.4 is 5.32 Å². The Morgan fingerprint density at radius 2 is 2.00 bits per heavy atom. The van der Waals surface area contributed by atoms with Crippen molar-refractivity contribution in [3.8, 4) is 0 Å². The molecule has 2 heterocycles. The lowest BCUT2D eigenvalue weighted by atomic mass is 10.0. The van der Waals surface area contributed by atoms with E-state index < -0.39 is 0 Å². The lowest BCUT2D eigenvalue weighted by Crippen LogP contribution is -2.16. The zero-order chi connectivity index (χ0) is 11.8. The van der Waals surface area contributed by atoms with E-state index in [1.54, 1.807) is 0 Å². The van der Waals surface area contributed by atoms with Crippen LogP contribution in [-0.4, -0.2) is 16.4 Å². The molecular weight excluding hydrogens is 212 g/mol. The largest absolute Gasteiger partial charge is 0.371 e. The van der Waals surface area contributed by atoms with Crippen LogP contribution in [0.5, 0.6) is 0 Å². The molecule has 3 rings (SSSR count). The average molecular weight is 226 g/mol. The summed E-state index contributed by atoms with van der Waals surface area (Å²) < 4.78 is 0. The van der Waals surface area contributed by atoms with Crippen LogP contribution in [0.1, 0.15) is 23.0 Å². The zero-order valence-electron chi connectivity index (χ0n) is 9.86. The molecule has 0 spiro atoms. The Balaban J connectivity index is 2.00. The highest BCUT2D eigenvalue weighted by molar-refractivity contribution is 5.84. The summed E-state index contributed by atoms with van der Waals surface area (Å²) >= 11 is 0. The predicted octanol–water partition coefficient (Wildman–Crippen LogP) is 2.90. The fourth-order valence-electron chi connectivity index (χ4n) is 2.23. The number of aryl methyl sites for hydroxylation is 2. The molecule has 2 N–H and O–H groups in total. The second-order valence-corrected chi connectivity index (χ2v) is 4.27. The van der Waals surface area contributed by atoms with Crippen molar-refractivity contribution in [2.24, 2.45) is 4.99 Å². The Bertz CT molecular complexity index is 563. The van der Waals surface area contributed by atoms with Crippen molar-refractivity contribution in [1.29, 1.82) is 0 Å². The summed E-state index contributed by atoms with van der Waals surface area (Å²) in [5.41, 5.74) is 5.35. The summed E-state index contributed by atoms with van der Waals surface area (Å²) in [6, 6.07) is 8.16. The van der Waals surface area contributed by atoms with Crippen LogP contribution >= 0.6 is 0 Å². The zero-order valence-corrected chi connectivity index (χ0v) is 9.86. The van der Waals surface area contributed by atoms with Crippen molar-refractivity contribution in [3.05, 3.63) is 41.2 Å². The number of hydrogen-bond acceptors (Lipinski definition) is 3. The standard InChI is InChI=1S/C13H14N4/c1-8-13(9(2)17-16-8)12-7-14-10-5-3-4-6-11(10)15-12/h3-7,12,15H,1-2H3,(H,16,17). The van der Waals surface area contributed by atoms with E-state index in [1.165, 1.54) is 5.56 Å². The van der Waals surface area contributed by atoms with Crippen molar-refractivity contribution < 1.29 is 0 Å². The van der Waals surface area contributed by atoms with Gasteiger partial charge in [0.25, 0.3) is 0 Å². The van der Waals surface area contributed by atoms with E-state index >= 15 is 0 Å². The van der Waals surface area contributed by atoms with Crippen molar-refractivity contribution in [1.82, 2.24) is 10.2 Å². The van der Waals surface area contributed by atoms with Gasteiger partial charge in [0, 0.05) is 17.5 Å². The number of aromatic nitrogens is 2. The van der Waals surface area contributed by atoms with Gasteiger partial charge in [-0.25, -0.2) is 0 Å². The molecule has 0 fully saturated rings. The molecule has 0 saturated carbocycles. The molecule has 4 heteroatoms. The average Bonchev–Trinajstić information content (AvgIpc) is 2.68. The minimum atomic E-state index is 0.101. The van der Waals surface area contributed by atoms with Gasteiger partial charge in [-0.1, -0.05) is 12.1 Å². The molecule has 0 amide bonds. The van der Waals surface area contributed by atoms with E-state index in [4.69, 9.17) is 0 Å². The van der Waals surface area contributed by atoms with Gasteiger partial charge in [0.05, 0.1) is 23.1 Å². The summed E-state index contributed by atoms with van der Waals surface area (Å²) in [5, 5.41) is 10.7. The van der Waals surface area contributed by atoms with Crippen molar-refractivity contribution in [3.63, 3.8) is 0 Å². The SMILES string of the molecule is Cc1n[nH]c(C)c1C1C=Nc2ccccc2N1. The van der Waals surface area contributed by atoms with E-state index in [1.807, 2.05) is 44.3 Å². The molecule has 4 nitrogen and oxygen atoms in total. The van der Waals surface area contributed by atoms with Crippen LogP contribution in [0, 0.1) is 13.8 Å². The van der Waals surface area contributed by atoms with Crippen molar-refractivity contribution in [2.75, 3.05) is 5.32 Å². The minimum Gasteiger partial charge on any atom is -0.371 e. The molecule has 1 atom stereocenters. The van der Waals surface area contributed by atoms with Gasteiger partial charge >= 0.3 is 0 Å². The highest BCUT2D eigenvalue weighted by Crippen LogP contribution is 2.33. The topological polar surface area (TPSA) is 53.1 Å². The number of hydrogen-bond donors (Lipinski definition) is 2. The number of H-pyrrole nitrogens is 1. The van der Waals surface area contributed by atoms with E-state index in [-0.39, 0.29) is 6.04 Å². The molecule has 1 aromatic carbocycles. The van der Waals surface area contributed by atoms with Gasteiger partial charge in [0.2, 0.25) is 0 Å². The number of rotatable bonds is 1. The van der Waals surface area contributed by atoms with E-state index in [9.17, 15) is 0 Å². The van der Waals surface area contributed by atoms with Crippen LogP contribution in [0.4, 0.5) is 11.4 Å². The van der Waals surface area contributed by atoms with Gasteiger partial charge < -0.3 is 5.32 Å². The second kappa shape index (κ2) is 3.73. The molecule has 0 aliphatic carbocycles. The van der Waals surface area contributed by atoms with Gasteiger partial charge in [0.15, 0.2) is 0 Å². The molecule has 1 unspecified atom stereocenters. The Morgan fingerprint density at radius 3 is 2.76 bits per heavy atom. The van der Waals surface area contributed by atoms with Gasteiger partial charge in [-0.3, -0.25) is 10.1 Å². The number of anilines is 1. The molecule has 0 saturated heterocycles. The molecular formula is C13H14N4. The summed E-state index contributed by atoms with van der Waals surface area (Å²) in [6.07, 6.45) is 1.94. The highest BCUT2D eigenvalue weighted by atomic mass is 15.1. The number of nitrogens with one attached hydrogen (secondary N) is 2. The Kier molecular flexibility index (Phi) is 2.21. The fraction of sp³-hybridized carbons (Fsp3) is 0.231. The van der Waals surface area contributed by atoms with Crippen LogP contribution in [-0.2, 0) is 0 Å². The van der Waals surface area contributed by atoms with Crippen LogP contribution in [0.2, 0.25) is 0 Å². The predicted molar refractivity (Wildman–Crippen MR) is 69.0 cm³/mol. The number of benzene rings is 1. The minimum absolute atomic E-state index is 0.101. The van der Waals surface area contributed by atoms with Gasteiger partial charge in [-0.2, -0.15) is 5.10 Å². The number of aliphatic imine (C=N–C) groups is 1. The first kappa shape index (κ1) is 10.1. The first-order valence-corrected chi connectivity index (χ1v) is 5.67. The highest BCUT2D eigenvalue weighted by Gasteiger charge is 2.20. The van der Waals surface area contributed by atoms with Crippen LogP contribution in [0.15, 0.2) is 29.3 Å². The summed E-state index contributed by atoms with van der Waals surface area (Å²) in [5.74, 6) is 0. The smallest absolute Gasteiger partial charge is 0.0906 e. The second-order valence-electron chi connectivity index (χ2n) is 4.27. The molecule has 0 bridgehead atoms. The number of nitrogens with zero attached hydrogens (tertiary/aromatic N) is 2. The molecule has 86 valence electrons. The molecule has 2 aromatic rings. The first-order chi connectivity index (χ1) is 8.25. The Hall–Kier alpha value is -2.10. The monoisotopic (exact) mass is 226 g/mol. The van der Waals surface area contributed by atoms with Gasteiger partial charge in [0.1, 0.15) is 0 Å². The lowest BCUT2D eigenvalue weighted by Gasteiger charge is -2.21. The van der Waals surface area contributed by atoms with Crippen molar-refractivity contribution >= 4 is 17.6 Å². The maximum atomic E-state index is 4.48. The summed E-state index contributed by atoms with van der Waals surface area (Å²) in [6.45, 7) is 4.04. The number of para-hydroxylation sites is 2. The van der Waals surface area contributed by atoms with E-state index in [0.717, 1.165) is 22.8 Å². The quantitative estimate of drug-likeness (QED) is 0.785. The fourth-order valence-corrected chi connectivity index (χ4v) is 2.23. The van der Waals surface area contributed by atoms with Crippen LogP contribution in [0.25, 0.3) is 0 Å². The molecule has 0 radical (unpaired) electrons. The summed E-state index contributed by atoms with van der Waals surface area (Å²) in [7, 11) is 0. The van der Waals surface area contributed by atoms with Gasteiger partial charge in [-0.05, 0) is 26.0 Å². The summed E-state index contributed by atoms with van der Waals surface area (Å²) in [4.78, 5) is 4.48. The third-order valence-electron chi connectivity index (χ3n) is 3.07. The number of fused-ring (bicyclic) bond motifs is 1. The number of aromatic amines is 1. The lowest BCUT2D eigenvalue weighted by molar-refractivity contribution is 1.01. The van der Waals surface area contributed by atoms with E-state index in [2.05, 4.69) is 20.5 Å². The molecule has 1 aliphatic rings. The maximum Gasteiger partial charge on any atom is 0.0906 e. The maximum absolute atomic E-state index is 4.48. The Labute approximate surface area is 99.8 Å². The van der Waals surface area contributed by atoms with E-state index in [0.29, 0.717) is 0 Å². The van der Waals surface area contributed by atoms with Crippen molar-refractivity contribution in [2.45, 2.75) is 19.9 Å². The normalized spacial score (nSPS) is 17.6. The molecule has 17 heavy (non-hydrogen) atoms. The third kappa shape index (κ3) is 1.62. The first-order valence-electron chi connectivity index (χ1n) is 5.67. The van der Waals surface area contributed by atoms with Crippen LogP contribution in [0.3, 0.4) is 0 Å². The Morgan fingerprint density at radius 1 is 1.18 bits per heavy atom. The molecule has 1 aromatic heterocycles. The molecule has 1 aliphatic heterocycles. The van der Waals surface area contributed by atoms with Gasteiger partial charge in [-0.15, -0.1) is 0 Å². The third-order valence-corrected chi connectivity index (χ3v) is 3.07.